The first-order valence-electron chi connectivity index (χ1n) is 20.1. The van der Waals surface area contributed by atoms with E-state index in [2.05, 4.69) is 79.0 Å². The van der Waals surface area contributed by atoms with Gasteiger partial charge in [0.2, 0.25) is 0 Å². The van der Waals surface area contributed by atoms with E-state index < -0.39 is 0 Å². The van der Waals surface area contributed by atoms with Gasteiger partial charge in [-0.15, -0.1) is 9.24 Å². The molecule has 3 atom stereocenters. The van der Waals surface area contributed by atoms with Gasteiger partial charge < -0.3 is 21.3 Å². The number of nitrogens with one attached hydrogen (secondary N) is 4. The first-order chi connectivity index (χ1) is 23.5. The molecule has 2 aromatic carbocycles. The minimum atomic E-state index is -0.129. The Balaban J connectivity index is 1.12. The second-order valence-electron chi connectivity index (χ2n) is 18.5. The van der Waals surface area contributed by atoms with Crippen molar-refractivity contribution in [1.29, 1.82) is 0 Å². The highest BCUT2D eigenvalue weighted by Gasteiger charge is 2.62. The van der Waals surface area contributed by atoms with Crippen molar-refractivity contribution in [1.82, 2.24) is 21.3 Å². The van der Waals surface area contributed by atoms with Gasteiger partial charge in [0.05, 0.1) is 0 Å². The van der Waals surface area contributed by atoms with Crippen LogP contribution in [0.4, 0.5) is 0 Å². The molecule has 10 fully saturated rings. The summed E-state index contributed by atoms with van der Waals surface area (Å²) in [5, 5.41) is 16.9. The second kappa shape index (κ2) is 12.4. The predicted molar refractivity (Wildman–Crippen MR) is 205 cm³/mol. The molecule has 10 aliphatic rings. The molecule has 0 aromatic heterocycles. The zero-order chi connectivity index (χ0) is 31.9. The van der Waals surface area contributed by atoms with Crippen molar-refractivity contribution in [2.24, 2.45) is 35.5 Å². The lowest BCUT2D eigenvalue weighted by molar-refractivity contribution is 0.0184. The van der Waals surface area contributed by atoms with E-state index in [-0.39, 0.29) is 13.1 Å². The van der Waals surface area contributed by atoms with Gasteiger partial charge in [0.25, 0.3) is 0 Å². The molecule has 4 nitrogen and oxygen atoms in total. The standard InChI is InChI=1S/C42H60N4P2/c47-42(38-25-43-8-10-45-38,39-26-44-9-11-46-39)37-18-35(34-4-2-1-3-5-34)6-7-36(37)27-48(40-19-28-12-29(20-40)14-30(13-28)21-40)41-22-31-15-32(23-41)17-33(16-31)24-41/h1-7,18,28-33,38-39,43-46H,8-17,19-27,47H2. The van der Waals surface area contributed by atoms with Crippen LogP contribution in [0.3, 0.4) is 0 Å². The van der Waals surface area contributed by atoms with Gasteiger partial charge >= 0.3 is 0 Å². The first kappa shape index (κ1) is 31.8. The summed E-state index contributed by atoms with van der Waals surface area (Å²) in [4.78, 5) is 0. The van der Waals surface area contributed by atoms with Crippen molar-refractivity contribution < 1.29 is 0 Å². The highest BCUT2D eigenvalue weighted by atomic mass is 31.1. The minimum Gasteiger partial charge on any atom is -0.314 e. The Hall–Kier alpha value is -0.860. The van der Waals surface area contributed by atoms with Gasteiger partial charge in [-0.3, -0.25) is 0 Å². The van der Waals surface area contributed by atoms with Crippen LogP contribution in [0.1, 0.15) is 88.2 Å². The van der Waals surface area contributed by atoms with Gasteiger partial charge in [-0.05, 0) is 157 Å². The van der Waals surface area contributed by atoms with Crippen LogP contribution in [-0.4, -0.2) is 61.7 Å². The fourth-order valence-electron chi connectivity index (χ4n) is 14.3. The maximum Gasteiger partial charge on any atom is 0.0429 e. The number of hydrogen-bond acceptors (Lipinski definition) is 4. The summed E-state index contributed by atoms with van der Waals surface area (Å²) in [5.74, 6) is 6.20. The van der Waals surface area contributed by atoms with E-state index in [1.807, 2.05) is 0 Å². The Morgan fingerprint density at radius 1 is 0.604 bits per heavy atom. The summed E-state index contributed by atoms with van der Waals surface area (Å²) in [5.41, 5.74) is 6.08. The van der Waals surface area contributed by atoms with Gasteiger partial charge in [0.1, 0.15) is 0 Å². The summed E-state index contributed by atoms with van der Waals surface area (Å²) < 4.78 is 0. The maximum absolute atomic E-state index is 4.07. The molecule has 8 saturated carbocycles. The first-order valence-corrected chi connectivity index (χ1v) is 22.2. The molecule has 4 N–H and O–H groups in total. The van der Waals surface area contributed by atoms with Gasteiger partial charge in [0.15, 0.2) is 0 Å². The van der Waals surface area contributed by atoms with E-state index >= 15 is 0 Å². The summed E-state index contributed by atoms with van der Waals surface area (Å²) in [6, 6.07) is 19.8. The molecule has 2 saturated heterocycles. The molecule has 6 heteroatoms. The Morgan fingerprint density at radius 2 is 1.08 bits per heavy atom. The fourth-order valence-corrected chi connectivity index (χ4v) is 20.2. The molecule has 8 bridgehead atoms. The Labute approximate surface area is 293 Å². The molecular weight excluding hydrogens is 622 g/mol. The Kier molecular flexibility index (Phi) is 8.21. The fraction of sp³-hybridized carbons (Fsp3) is 0.714. The summed E-state index contributed by atoms with van der Waals surface area (Å²) in [6.07, 6.45) is 20.2. The van der Waals surface area contributed by atoms with Crippen LogP contribution in [0.2, 0.25) is 0 Å². The monoisotopic (exact) mass is 682 g/mol. The molecule has 2 aromatic rings. The number of piperazine rings is 2. The number of rotatable bonds is 8. The zero-order valence-corrected chi connectivity index (χ0v) is 31.2. The van der Waals surface area contributed by atoms with Crippen molar-refractivity contribution >= 4 is 17.2 Å². The third kappa shape index (κ3) is 5.36. The minimum absolute atomic E-state index is 0.106. The van der Waals surface area contributed by atoms with Crippen LogP contribution in [-0.2, 0) is 11.3 Å². The molecule has 8 aliphatic carbocycles. The van der Waals surface area contributed by atoms with Gasteiger partial charge in [-0.25, -0.2) is 0 Å². The number of hydrogen-bond donors (Lipinski definition) is 4. The van der Waals surface area contributed by atoms with Crippen molar-refractivity contribution in [3.8, 4) is 11.1 Å². The Morgan fingerprint density at radius 3 is 1.52 bits per heavy atom. The van der Waals surface area contributed by atoms with E-state index in [4.69, 9.17) is 0 Å². The lowest BCUT2D eigenvalue weighted by atomic mass is 9.55. The average Bonchev–Trinajstić information content (AvgIpc) is 3.10. The lowest BCUT2D eigenvalue weighted by Crippen LogP contribution is -2.66. The molecule has 3 unspecified atom stereocenters. The highest BCUT2D eigenvalue weighted by Crippen LogP contribution is 2.80. The molecule has 12 rings (SSSR count). The average molecular weight is 683 g/mol. The zero-order valence-electron chi connectivity index (χ0n) is 29.2. The van der Waals surface area contributed by atoms with Crippen LogP contribution in [0.25, 0.3) is 11.1 Å². The number of benzene rings is 2. The van der Waals surface area contributed by atoms with E-state index in [0.29, 0.717) is 22.4 Å². The Bertz CT molecular complexity index is 1350. The van der Waals surface area contributed by atoms with E-state index in [1.54, 1.807) is 88.2 Å². The predicted octanol–water partition coefficient (Wildman–Crippen LogP) is 7.47. The van der Waals surface area contributed by atoms with Crippen LogP contribution in [0.15, 0.2) is 48.5 Å². The van der Waals surface area contributed by atoms with Crippen LogP contribution in [0.5, 0.6) is 0 Å². The molecule has 48 heavy (non-hydrogen) atoms. The molecule has 258 valence electrons. The highest BCUT2D eigenvalue weighted by molar-refractivity contribution is 7.60. The molecule has 0 spiro atoms. The smallest absolute Gasteiger partial charge is 0.0429 e. The van der Waals surface area contributed by atoms with Gasteiger partial charge in [-0.1, -0.05) is 50.4 Å². The maximum atomic E-state index is 4.07. The summed E-state index contributed by atoms with van der Waals surface area (Å²) in [6.45, 7) is 6.26. The van der Waals surface area contributed by atoms with Crippen molar-refractivity contribution in [2.75, 3.05) is 39.3 Å². The molecule has 2 aliphatic heterocycles. The van der Waals surface area contributed by atoms with Crippen molar-refractivity contribution in [3.63, 3.8) is 0 Å². The third-order valence-electron chi connectivity index (χ3n) is 15.4. The molecule has 0 radical (unpaired) electrons. The second-order valence-corrected chi connectivity index (χ2v) is 22.5. The van der Waals surface area contributed by atoms with Gasteiger partial charge in [0, 0.05) is 56.5 Å². The lowest BCUT2D eigenvalue weighted by Gasteiger charge is -2.67. The summed E-state index contributed by atoms with van der Waals surface area (Å²) >= 11 is 0. The van der Waals surface area contributed by atoms with Crippen LogP contribution in [0, 0.1) is 35.5 Å². The molecule has 0 amide bonds. The van der Waals surface area contributed by atoms with Crippen molar-refractivity contribution in [2.45, 2.75) is 111 Å². The summed E-state index contributed by atoms with van der Waals surface area (Å²) in [7, 11) is 3.43. The van der Waals surface area contributed by atoms with Crippen LogP contribution < -0.4 is 21.3 Å². The topological polar surface area (TPSA) is 48.1 Å². The normalized spacial score (nSPS) is 43.3. The third-order valence-corrected chi connectivity index (χ3v) is 20.6. The quantitative estimate of drug-likeness (QED) is 0.219. The van der Waals surface area contributed by atoms with E-state index in [9.17, 15) is 0 Å². The van der Waals surface area contributed by atoms with E-state index in [0.717, 1.165) is 74.8 Å². The molecular formula is C42H60N4P2. The van der Waals surface area contributed by atoms with Crippen LogP contribution >= 0.6 is 17.2 Å². The molecule has 2 heterocycles. The van der Waals surface area contributed by atoms with Gasteiger partial charge in [-0.2, -0.15) is 0 Å². The SMILES string of the molecule is PC(c1cc(-c2ccccc2)ccc1CP(C12CC3CC(CC(C3)C1)C2)C12CC3CC(CC(C3)C1)C2)(C1CNCCN1)C1CNCCN1. The largest absolute Gasteiger partial charge is 0.314 e. The van der Waals surface area contributed by atoms with Crippen molar-refractivity contribution in [3.05, 3.63) is 59.7 Å². The van der Waals surface area contributed by atoms with E-state index in [1.165, 1.54) is 17.3 Å².